The van der Waals surface area contributed by atoms with E-state index in [1.165, 1.54) is 28.6 Å². The topological polar surface area (TPSA) is 105 Å². The molecule has 1 fully saturated rings. The number of carbonyl (C=O) groups excluding carboxylic acids is 2. The minimum absolute atomic E-state index is 0.00563. The van der Waals surface area contributed by atoms with Gasteiger partial charge in [0.25, 0.3) is 5.91 Å². The summed E-state index contributed by atoms with van der Waals surface area (Å²) in [6.45, 7) is 3.73. The third kappa shape index (κ3) is 4.58. The first kappa shape index (κ1) is 23.2. The average molecular weight is 476 g/mol. The lowest BCUT2D eigenvalue weighted by atomic mass is 9.98. The molecule has 2 amide bonds. The molecular formula is C23H26FN3O5S. The Kier molecular flexibility index (Phi) is 6.40. The number of nitrogens with one attached hydrogen (secondary N) is 2. The summed E-state index contributed by atoms with van der Waals surface area (Å²) in [5.74, 6) is -1.53. The van der Waals surface area contributed by atoms with E-state index in [0.717, 1.165) is 0 Å². The third-order valence-corrected chi connectivity index (χ3v) is 7.98. The average Bonchev–Trinajstić information content (AvgIpc) is 2.79. The van der Waals surface area contributed by atoms with E-state index in [1.807, 2.05) is 0 Å². The second-order valence-corrected chi connectivity index (χ2v) is 10.2. The van der Waals surface area contributed by atoms with Crippen molar-refractivity contribution in [1.82, 2.24) is 4.31 Å². The Labute approximate surface area is 192 Å². The largest absolute Gasteiger partial charge is 0.478 e. The second kappa shape index (κ2) is 9.11. The fourth-order valence-electron chi connectivity index (χ4n) is 4.14. The van der Waals surface area contributed by atoms with Crippen LogP contribution in [0.4, 0.5) is 15.8 Å². The maximum atomic E-state index is 13.9. The zero-order valence-corrected chi connectivity index (χ0v) is 19.2. The molecule has 2 aromatic carbocycles. The summed E-state index contributed by atoms with van der Waals surface area (Å²) in [5, 5.41) is 5.32. The van der Waals surface area contributed by atoms with Crippen LogP contribution in [0.1, 0.15) is 31.7 Å². The molecule has 2 aromatic rings. The summed E-state index contributed by atoms with van der Waals surface area (Å²) in [4.78, 5) is 24.9. The Morgan fingerprint density at radius 1 is 1.30 bits per heavy atom. The number of amides is 2. The number of anilines is 2. The van der Waals surface area contributed by atoms with Gasteiger partial charge in [-0.05, 0) is 49.9 Å². The van der Waals surface area contributed by atoms with Crippen LogP contribution >= 0.6 is 0 Å². The summed E-state index contributed by atoms with van der Waals surface area (Å²) in [6, 6.07) is 8.87. The van der Waals surface area contributed by atoms with E-state index in [0.29, 0.717) is 36.3 Å². The number of sulfonamides is 1. The van der Waals surface area contributed by atoms with E-state index in [-0.39, 0.29) is 29.6 Å². The van der Waals surface area contributed by atoms with E-state index in [9.17, 15) is 22.4 Å². The molecule has 10 heteroatoms. The van der Waals surface area contributed by atoms with Gasteiger partial charge in [0, 0.05) is 19.2 Å². The Hall–Kier alpha value is -2.98. The zero-order chi connectivity index (χ0) is 23.8. The van der Waals surface area contributed by atoms with Crippen LogP contribution in [0.5, 0.6) is 5.75 Å². The lowest BCUT2D eigenvalue weighted by Gasteiger charge is -2.32. The van der Waals surface area contributed by atoms with Gasteiger partial charge in [-0.1, -0.05) is 19.1 Å². The minimum atomic E-state index is -3.92. The Morgan fingerprint density at radius 2 is 2.06 bits per heavy atom. The first-order valence-electron chi connectivity index (χ1n) is 10.9. The van der Waals surface area contributed by atoms with Crippen molar-refractivity contribution >= 4 is 33.2 Å². The van der Waals surface area contributed by atoms with Crippen molar-refractivity contribution in [3.05, 3.63) is 47.8 Å². The predicted molar refractivity (Wildman–Crippen MR) is 121 cm³/mol. The van der Waals surface area contributed by atoms with Gasteiger partial charge >= 0.3 is 0 Å². The highest BCUT2D eigenvalue weighted by molar-refractivity contribution is 7.89. The highest BCUT2D eigenvalue weighted by Gasteiger charge is 2.36. The van der Waals surface area contributed by atoms with Crippen LogP contribution < -0.4 is 15.4 Å². The maximum Gasteiger partial charge on any atom is 0.265 e. The number of halogens is 1. The number of rotatable bonds is 5. The first-order valence-corrected chi connectivity index (χ1v) is 12.3. The number of piperidine rings is 1. The molecule has 176 valence electrons. The van der Waals surface area contributed by atoms with Gasteiger partial charge in [-0.25, -0.2) is 12.8 Å². The Bertz CT molecular complexity index is 1200. The summed E-state index contributed by atoms with van der Waals surface area (Å²) >= 11 is 0. The van der Waals surface area contributed by atoms with Gasteiger partial charge in [0.15, 0.2) is 6.10 Å². The molecule has 8 nitrogen and oxygen atoms in total. The molecule has 0 saturated carbocycles. The number of benzene rings is 2. The molecule has 2 aliphatic rings. The second-order valence-electron chi connectivity index (χ2n) is 8.29. The van der Waals surface area contributed by atoms with Crippen LogP contribution in [0.15, 0.2) is 41.3 Å². The number of hydrogen-bond acceptors (Lipinski definition) is 5. The number of fused-ring (bicyclic) bond motifs is 1. The number of ether oxygens (including phenoxy) is 1. The summed E-state index contributed by atoms with van der Waals surface area (Å²) in [7, 11) is -3.92. The lowest BCUT2D eigenvalue weighted by Crippen LogP contribution is -2.44. The van der Waals surface area contributed by atoms with E-state index < -0.39 is 33.8 Å². The molecule has 2 atom stereocenters. The highest BCUT2D eigenvalue weighted by Crippen LogP contribution is 2.36. The van der Waals surface area contributed by atoms with E-state index in [2.05, 4.69) is 10.6 Å². The zero-order valence-electron chi connectivity index (χ0n) is 18.4. The van der Waals surface area contributed by atoms with Gasteiger partial charge in [0.1, 0.15) is 11.6 Å². The molecule has 0 aromatic heterocycles. The molecule has 33 heavy (non-hydrogen) atoms. The Balaban J connectivity index is 1.55. The number of para-hydroxylation sites is 1. The quantitative estimate of drug-likeness (QED) is 0.691. The van der Waals surface area contributed by atoms with Crippen molar-refractivity contribution in [2.75, 3.05) is 23.7 Å². The normalized spacial score (nSPS) is 21.0. The molecule has 0 aliphatic carbocycles. The fraction of sp³-hybridized carbons (Fsp3) is 0.391. The van der Waals surface area contributed by atoms with Crippen molar-refractivity contribution in [2.24, 2.45) is 5.92 Å². The van der Waals surface area contributed by atoms with Crippen LogP contribution in [-0.4, -0.2) is 43.7 Å². The SMILES string of the molecule is CC[C@H]1Oc2cc(S(=O)(=O)N3CCC[C@@H](C(=O)Nc4ccccc4F)C3)c(C)cc2NC1=O. The van der Waals surface area contributed by atoms with Crippen LogP contribution in [0, 0.1) is 18.7 Å². The molecule has 0 unspecified atom stereocenters. The summed E-state index contributed by atoms with van der Waals surface area (Å²) < 4.78 is 47.9. The monoisotopic (exact) mass is 475 g/mol. The van der Waals surface area contributed by atoms with Crippen LogP contribution in [-0.2, 0) is 19.6 Å². The van der Waals surface area contributed by atoms with Gasteiger partial charge in [-0.2, -0.15) is 4.31 Å². The summed E-state index contributed by atoms with van der Waals surface area (Å²) in [6.07, 6.45) is 0.773. The van der Waals surface area contributed by atoms with E-state index in [1.54, 1.807) is 26.0 Å². The number of hydrogen-bond donors (Lipinski definition) is 2. The smallest absolute Gasteiger partial charge is 0.265 e. The lowest BCUT2D eigenvalue weighted by molar-refractivity contribution is -0.123. The van der Waals surface area contributed by atoms with Gasteiger partial charge < -0.3 is 15.4 Å². The van der Waals surface area contributed by atoms with Crippen molar-refractivity contribution < 1.29 is 27.1 Å². The molecule has 0 radical (unpaired) electrons. The van der Waals surface area contributed by atoms with Gasteiger partial charge in [0.05, 0.1) is 22.2 Å². The van der Waals surface area contributed by atoms with Crippen molar-refractivity contribution in [1.29, 1.82) is 0 Å². The molecule has 4 rings (SSSR count). The summed E-state index contributed by atoms with van der Waals surface area (Å²) in [5.41, 5.74) is 0.963. The van der Waals surface area contributed by atoms with Crippen LogP contribution in [0.25, 0.3) is 0 Å². The predicted octanol–water partition coefficient (Wildman–Crippen LogP) is 3.28. The van der Waals surface area contributed by atoms with E-state index >= 15 is 0 Å². The first-order chi connectivity index (χ1) is 15.7. The molecule has 2 heterocycles. The van der Waals surface area contributed by atoms with Gasteiger partial charge in [0.2, 0.25) is 15.9 Å². The number of nitrogens with zero attached hydrogens (tertiary/aromatic N) is 1. The molecule has 1 saturated heterocycles. The molecule has 0 spiro atoms. The van der Waals surface area contributed by atoms with Crippen LogP contribution in [0.3, 0.4) is 0 Å². The molecule has 0 bridgehead atoms. The minimum Gasteiger partial charge on any atom is -0.478 e. The standard InChI is InChI=1S/C23H26FN3O5S/c1-3-19-23(29)26-18-11-14(2)21(12-20(18)32-19)33(30,31)27-10-6-7-15(13-27)22(28)25-17-9-5-4-8-16(17)24/h4-5,8-9,11-12,15,19H,3,6-7,10,13H2,1-2H3,(H,25,28)(H,26,29)/t15-,19-/m1/s1. The van der Waals surface area contributed by atoms with Crippen molar-refractivity contribution in [3.63, 3.8) is 0 Å². The number of aryl methyl sites for hydroxylation is 1. The van der Waals surface area contributed by atoms with Crippen molar-refractivity contribution in [3.8, 4) is 5.75 Å². The van der Waals surface area contributed by atoms with E-state index in [4.69, 9.17) is 4.74 Å². The molecule has 2 N–H and O–H groups in total. The van der Waals surface area contributed by atoms with Gasteiger partial charge in [-0.3, -0.25) is 9.59 Å². The third-order valence-electron chi connectivity index (χ3n) is 5.97. The Morgan fingerprint density at radius 3 is 2.79 bits per heavy atom. The number of carbonyl (C=O) groups is 2. The highest BCUT2D eigenvalue weighted by atomic mass is 32.2. The van der Waals surface area contributed by atoms with Crippen molar-refractivity contribution in [2.45, 2.75) is 44.1 Å². The maximum absolute atomic E-state index is 13.9. The molecular weight excluding hydrogens is 449 g/mol. The fourth-order valence-corrected chi connectivity index (χ4v) is 5.89. The van der Waals surface area contributed by atoms with Gasteiger partial charge in [-0.15, -0.1) is 0 Å². The van der Waals surface area contributed by atoms with Crippen LogP contribution in [0.2, 0.25) is 0 Å². The molecule has 2 aliphatic heterocycles.